The first-order valence-electron chi connectivity index (χ1n) is 8.18. The smallest absolute Gasteiger partial charge is 0.257 e. The standard InChI is InChI=1S/C21H16ClNO2S/c22-16-12-10-15(11-13-16)21(25)19-9-5-4-8-18(19)20(24)23(21)14-26-17-6-2-1-3-7-17/h1-13,25H,14H2. The molecule has 1 atom stereocenters. The Bertz CT molecular complexity index is 946. The number of fused-ring (bicyclic) bond motifs is 1. The number of aliphatic hydroxyl groups is 1. The largest absolute Gasteiger partial charge is 0.363 e. The van der Waals surface area contributed by atoms with E-state index in [9.17, 15) is 9.90 Å². The van der Waals surface area contributed by atoms with E-state index in [1.54, 1.807) is 36.4 Å². The molecule has 3 nitrogen and oxygen atoms in total. The number of hydrogen-bond acceptors (Lipinski definition) is 3. The minimum atomic E-state index is -1.51. The SMILES string of the molecule is O=C1c2ccccc2C(O)(c2ccc(Cl)cc2)N1CSc1ccccc1. The highest BCUT2D eigenvalue weighted by Gasteiger charge is 2.49. The molecule has 0 radical (unpaired) electrons. The van der Waals surface area contributed by atoms with Gasteiger partial charge in [0.1, 0.15) is 0 Å². The Morgan fingerprint density at radius 3 is 2.31 bits per heavy atom. The molecule has 1 aliphatic heterocycles. The molecule has 0 saturated carbocycles. The molecule has 5 heteroatoms. The van der Waals surface area contributed by atoms with E-state index in [2.05, 4.69) is 0 Å². The lowest BCUT2D eigenvalue weighted by Gasteiger charge is -2.34. The van der Waals surface area contributed by atoms with Crippen LogP contribution < -0.4 is 0 Å². The summed E-state index contributed by atoms with van der Waals surface area (Å²) in [5.41, 5.74) is 0.230. The molecule has 3 aromatic rings. The number of thioether (sulfide) groups is 1. The molecule has 0 spiro atoms. The molecule has 1 heterocycles. The highest BCUT2D eigenvalue weighted by atomic mass is 35.5. The summed E-state index contributed by atoms with van der Waals surface area (Å²) < 4.78 is 0. The molecule has 0 aliphatic carbocycles. The predicted molar refractivity (Wildman–Crippen MR) is 104 cm³/mol. The van der Waals surface area contributed by atoms with Crippen molar-refractivity contribution in [3.8, 4) is 0 Å². The van der Waals surface area contributed by atoms with Gasteiger partial charge in [-0.1, -0.05) is 60.1 Å². The zero-order valence-electron chi connectivity index (χ0n) is 13.8. The van der Waals surface area contributed by atoms with Gasteiger partial charge < -0.3 is 5.11 Å². The van der Waals surface area contributed by atoms with Crippen LogP contribution >= 0.6 is 23.4 Å². The van der Waals surface area contributed by atoms with Crippen LogP contribution in [-0.4, -0.2) is 21.8 Å². The second-order valence-corrected chi connectivity index (χ2v) is 7.50. The summed E-state index contributed by atoms with van der Waals surface area (Å²) in [4.78, 5) is 15.5. The number of carbonyl (C=O) groups is 1. The monoisotopic (exact) mass is 381 g/mol. The van der Waals surface area contributed by atoms with Crippen LogP contribution in [0.3, 0.4) is 0 Å². The second-order valence-electron chi connectivity index (χ2n) is 6.04. The number of benzene rings is 3. The zero-order chi connectivity index (χ0) is 18.1. The van der Waals surface area contributed by atoms with Crippen LogP contribution in [0, 0.1) is 0 Å². The van der Waals surface area contributed by atoms with Gasteiger partial charge in [0.25, 0.3) is 5.91 Å². The van der Waals surface area contributed by atoms with Crippen LogP contribution in [0.2, 0.25) is 5.02 Å². The highest BCUT2D eigenvalue weighted by Crippen LogP contribution is 2.43. The van der Waals surface area contributed by atoms with Crippen LogP contribution in [-0.2, 0) is 5.72 Å². The third-order valence-electron chi connectivity index (χ3n) is 4.52. The molecular weight excluding hydrogens is 366 g/mol. The minimum Gasteiger partial charge on any atom is -0.363 e. The van der Waals surface area contributed by atoms with Crippen molar-refractivity contribution in [1.29, 1.82) is 0 Å². The molecule has 26 heavy (non-hydrogen) atoms. The van der Waals surface area contributed by atoms with Gasteiger partial charge >= 0.3 is 0 Å². The van der Waals surface area contributed by atoms with Crippen molar-refractivity contribution in [2.24, 2.45) is 0 Å². The summed E-state index contributed by atoms with van der Waals surface area (Å²) in [6.07, 6.45) is 0. The van der Waals surface area contributed by atoms with Gasteiger partial charge in [0, 0.05) is 26.6 Å². The van der Waals surface area contributed by atoms with Crippen LogP contribution in [0.15, 0.2) is 83.8 Å². The van der Waals surface area contributed by atoms with E-state index in [4.69, 9.17) is 11.6 Å². The molecule has 130 valence electrons. The summed E-state index contributed by atoms with van der Waals surface area (Å²) in [5, 5.41) is 12.2. The van der Waals surface area contributed by atoms with Crippen molar-refractivity contribution < 1.29 is 9.90 Å². The number of nitrogens with zero attached hydrogens (tertiary/aromatic N) is 1. The second kappa shape index (κ2) is 6.80. The van der Waals surface area contributed by atoms with E-state index in [1.165, 1.54) is 16.7 Å². The number of rotatable bonds is 4. The molecule has 3 aromatic carbocycles. The molecule has 0 saturated heterocycles. The molecule has 0 aromatic heterocycles. The average Bonchev–Trinajstić information content (AvgIpc) is 2.90. The van der Waals surface area contributed by atoms with E-state index >= 15 is 0 Å². The molecule has 0 fully saturated rings. The van der Waals surface area contributed by atoms with E-state index in [0.717, 1.165) is 4.90 Å². The quantitative estimate of drug-likeness (QED) is 0.663. The van der Waals surface area contributed by atoms with Crippen molar-refractivity contribution >= 4 is 29.3 Å². The third-order valence-corrected chi connectivity index (χ3v) is 5.76. The Hall–Kier alpha value is -2.27. The maximum Gasteiger partial charge on any atom is 0.257 e. The van der Waals surface area contributed by atoms with E-state index in [-0.39, 0.29) is 5.91 Å². The maximum atomic E-state index is 13.0. The van der Waals surface area contributed by atoms with Gasteiger partial charge in [0.15, 0.2) is 5.72 Å². The fraction of sp³-hybridized carbons (Fsp3) is 0.0952. The maximum absolute atomic E-state index is 13.0. The Kier molecular flexibility index (Phi) is 4.49. The molecule has 4 rings (SSSR count). The first kappa shape index (κ1) is 17.2. The normalized spacial score (nSPS) is 18.8. The number of halogens is 1. The molecule has 0 bridgehead atoms. The number of amides is 1. The fourth-order valence-electron chi connectivity index (χ4n) is 3.21. The average molecular weight is 382 g/mol. The van der Waals surface area contributed by atoms with Crippen LogP contribution in [0.1, 0.15) is 21.5 Å². The van der Waals surface area contributed by atoms with Crippen molar-refractivity contribution in [2.45, 2.75) is 10.6 Å². The summed E-state index contributed by atoms with van der Waals surface area (Å²) in [6, 6.07) is 24.0. The van der Waals surface area contributed by atoms with E-state index < -0.39 is 5.72 Å². The Morgan fingerprint density at radius 2 is 1.58 bits per heavy atom. The van der Waals surface area contributed by atoms with E-state index in [0.29, 0.717) is 27.6 Å². The van der Waals surface area contributed by atoms with Crippen LogP contribution in [0.4, 0.5) is 0 Å². The Labute approximate surface area is 161 Å². The van der Waals surface area contributed by atoms with Crippen molar-refractivity contribution in [3.05, 3.63) is 101 Å². The topological polar surface area (TPSA) is 40.5 Å². The van der Waals surface area contributed by atoms with Gasteiger partial charge in [-0.25, -0.2) is 0 Å². The summed E-state index contributed by atoms with van der Waals surface area (Å²) >= 11 is 7.52. The molecule has 1 N–H and O–H groups in total. The molecule has 1 unspecified atom stereocenters. The lowest BCUT2D eigenvalue weighted by atomic mass is 9.94. The van der Waals surface area contributed by atoms with Crippen molar-refractivity contribution in [2.75, 3.05) is 5.88 Å². The molecular formula is C21H16ClNO2S. The number of carbonyl (C=O) groups excluding carboxylic acids is 1. The van der Waals surface area contributed by atoms with Crippen molar-refractivity contribution in [1.82, 2.24) is 4.90 Å². The van der Waals surface area contributed by atoms with Gasteiger partial charge in [-0.3, -0.25) is 9.69 Å². The fourth-order valence-corrected chi connectivity index (χ4v) is 4.27. The van der Waals surface area contributed by atoms with Gasteiger partial charge in [0.2, 0.25) is 0 Å². The van der Waals surface area contributed by atoms with E-state index in [1.807, 2.05) is 42.5 Å². The van der Waals surface area contributed by atoms with Gasteiger partial charge in [-0.05, 0) is 30.3 Å². The first-order chi connectivity index (χ1) is 12.6. The number of hydrogen-bond donors (Lipinski definition) is 1. The lowest BCUT2D eigenvalue weighted by molar-refractivity contribution is -0.0402. The van der Waals surface area contributed by atoms with Crippen LogP contribution in [0.5, 0.6) is 0 Å². The van der Waals surface area contributed by atoms with Gasteiger partial charge in [0.05, 0.1) is 5.88 Å². The summed E-state index contributed by atoms with van der Waals surface area (Å²) in [7, 11) is 0. The summed E-state index contributed by atoms with van der Waals surface area (Å²) in [6.45, 7) is 0. The molecule has 1 amide bonds. The van der Waals surface area contributed by atoms with Gasteiger partial charge in [-0.2, -0.15) is 0 Å². The Balaban J connectivity index is 1.76. The lowest BCUT2D eigenvalue weighted by Crippen LogP contribution is -2.44. The highest BCUT2D eigenvalue weighted by molar-refractivity contribution is 7.99. The first-order valence-corrected chi connectivity index (χ1v) is 9.55. The van der Waals surface area contributed by atoms with Gasteiger partial charge in [-0.15, -0.1) is 11.8 Å². The third kappa shape index (κ3) is 2.80. The predicted octanol–water partition coefficient (Wildman–Crippen LogP) is 4.74. The minimum absolute atomic E-state index is 0.179. The zero-order valence-corrected chi connectivity index (χ0v) is 15.4. The van der Waals surface area contributed by atoms with Crippen LogP contribution in [0.25, 0.3) is 0 Å². The Morgan fingerprint density at radius 1 is 0.923 bits per heavy atom. The molecule has 1 aliphatic rings. The summed E-state index contributed by atoms with van der Waals surface area (Å²) in [5.74, 6) is 0.151. The van der Waals surface area contributed by atoms with Crippen molar-refractivity contribution in [3.63, 3.8) is 0 Å².